The summed E-state index contributed by atoms with van der Waals surface area (Å²) in [5.41, 5.74) is 2.18. The van der Waals surface area contributed by atoms with Crippen molar-refractivity contribution in [2.45, 2.75) is 45.3 Å². The van der Waals surface area contributed by atoms with Gasteiger partial charge in [-0.25, -0.2) is 0 Å². The highest BCUT2D eigenvalue weighted by atomic mass is 16.5. The highest BCUT2D eigenvalue weighted by Crippen LogP contribution is 2.27. The molecule has 2 heteroatoms. The third-order valence-corrected chi connectivity index (χ3v) is 3.61. The van der Waals surface area contributed by atoms with Crippen LogP contribution in [-0.2, 0) is 5.41 Å². The van der Waals surface area contributed by atoms with E-state index in [-0.39, 0.29) is 11.5 Å². The van der Waals surface area contributed by atoms with Crippen LogP contribution in [0.5, 0.6) is 5.75 Å². The van der Waals surface area contributed by atoms with Crippen LogP contribution < -0.4 is 4.74 Å². The zero-order valence-electron chi connectivity index (χ0n) is 13.2. The molecular weight excluding hydrogens is 260 g/mol. The van der Waals surface area contributed by atoms with E-state index < -0.39 is 6.10 Å². The number of rotatable bonds is 4. The first-order chi connectivity index (χ1) is 9.88. The summed E-state index contributed by atoms with van der Waals surface area (Å²) in [4.78, 5) is 0. The summed E-state index contributed by atoms with van der Waals surface area (Å²) in [6, 6.07) is 17.7. The van der Waals surface area contributed by atoms with Gasteiger partial charge < -0.3 is 9.84 Å². The number of ether oxygens (including phenoxy) is 1. The molecule has 0 aromatic heterocycles. The topological polar surface area (TPSA) is 29.5 Å². The summed E-state index contributed by atoms with van der Waals surface area (Å²) in [6.45, 7) is 8.42. The van der Waals surface area contributed by atoms with Crippen LogP contribution in [-0.4, -0.2) is 11.2 Å². The molecule has 0 aliphatic rings. The molecule has 0 aliphatic heterocycles. The molecule has 0 aliphatic carbocycles. The Morgan fingerprint density at radius 2 is 1.62 bits per heavy atom. The van der Waals surface area contributed by atoms with E-state index in [1.807, 2.05) is 55.5 Å². The first-order valence-electron chi connectivity index (χ1n) is 7.38. The van der Waals surface area contributed by atoms with E-state index in [1.54, 1.807) is 0 Å². The second-order valence-electron chi connectivity index (χ2n) is 6.46. The average Bonchev–Trinajstić information content (AvgIpc) is 2.47. The van der Waals surface area contributed by atoms with Crippen LogP contribution in [0.25, 0.3) is 0 Å². The van der Waals surface area contributed by atoms with Crippen molar-refractivity contribution in [3.63, 3.8) is 0 Å². The van der Waals surface area contributed by atoms with E-state index in [4.69, 9.17) is 4.74 Å². The third kappa shape index (κ3) is 4.08. The minimum Gasteiger partial charge on any atom is -0.488 e. The van der Waals surface area contributed by atoms with Gasteiger partial charge in [0, 0.05) is 0 Å². The van der Waals surface area contributed by atoms with E-state index in [0.717, 1.165) is 11.3 Å². The maximum Gasteiger partial charge on any atom is 0.126 e. The lowest BCUT2D eigenvalue weighted by atomic mass is 9.87. The van der Waals surface area contributed by atoms with Crippen LogP contribution in [0.2, 0.25) is 0 Å². The van der Waals surface area contributed by atoms with Gasteiger partial charge in [-0.05, 0) is 35.6 Å². The minimum absolute atomic E-state index is 0.0840. The molecular formula is C19H24O2. The minimum atomic E-state index is -0.635. The second kappa shape index (κ2) is 6.31. The lowest BCUT2D eigenvalue weighted by Gasteiger charge is -2.23. The van der Waals surface area contributed by atoms with Crippen LogP contribution in [0.4, 0.5) is 0 Å². The molecule has 0 spiro atoms. The summed E-state index contributed by atoms with van der Waals surface area (Å²) in [6.07, 6.45) is -0.938. The first kappa shape index (κ1) is 15.6. The van der Waals surface area contributed by atoms with Crippen LogP contribution in [0.15, 0.2) is 54.6 Å². The molecule has 112 valence electrons. The van der Waals surface area contributed by atoms with Crippen molar-refractivity contribution in [1.29, 1.82) is 0 Å². The Hall–Kier alpha value is -1.80. The van der Waals surface area contributed by atoms with Gasteiger partial charge >= 0.3 is 0 Å². The van der Waals surface area contributed by atoms with Crippen molar-refractivity contribution in [3.05, 3.63) is 65.7 Å². The molecule has 2 aromatic carbocycles. The van der Waals surface area contributed by atoms with Gasteiger partial charge in [0.1, 0.15) is 18.0 Å². The Kier molecular flexibility index (Phi) is 4.69. The fourth-order valence-corrected chi connectivity index (χ4v) is 2.24. The summed E-state index contributed by atoms with van der Waals surface area (Å²) < 4.78 is 5.92. The van der Waals surface area contributed by atoms with Gasteiger partial charge in [0.2, 0.25) is 0 Å². The molecule has 0 bridgehead atoms. The fourth-order valence-electron chi connectivity index (χ4n) is 2.24. The summed E-state index contributed by atoms with van der Waals surface area (Å²) in [5.74, 6) is 0.796. The number of aliphatic hydroxyl groups excluding tert-OH is 1. The zero-order valence-corrected chi connectivity index (χ0v) is 13.2. The maximum absolute atomic E-state index is 10.4. The normalized spacial score (nSPS) is 14.5. The highest BCUT2D eigenvalue weighted by Gasteiger charge is 2.19. The Morgan fingerprint density at radius 3 is 2.24 bits per heavy atom. The van der Waals surface area contributed by atoms with Crippen LogP contribution in [0.3, 0.4) is 0 Å². The Balaban J connectivity index is 2.11. The predicted molar refractivity (Wildman–Crippen MR) is 86.6 cm³/mol. The molecule has 2 atom stereocenters. The molecule has 0 saturated carbocycles. The lowest BCUT2D eigenvalue weighted by molar-refractivity contribution is 0.0467. The van der Waals surface area contributed by atoms with E-state index in [9.17, 15) is 5.11 Å². The van der Waals surface area contributed by atoms with Crippen LogP contribution >= 0.6 is 0 Å². The average molecular weight is 284 g/mol. The Labute approximate surface area is 127 Å². The monoisotopic (exact) mass is 284 g/mol. The van der Waals surface area contributed by atoms with E-state index in [2.05, 4.69) is 26.8 Å². The van der Waals surface area contributed by atoms with Crippen molar-refractivity contribution in [1.82, 2.24) is 0 Å². The van der Waals surface area contributed by atoms with Gasteiger partial charge in [0.15, 0.2) is 0 Å². The molecule has 21 heavy (non-hydrogen) atoms. The molecule has 1 N–H and O–H groups in total. The smallest absolute Gasteiger partial charge is 0.126 e. The van der Waals surface area contributed by atoms with Crippen molar-refractivity contribution in [2.75, 3.05) is 0 Å². The zero-order chi connectivity index (χ0) is 15.5. The molecule has 0 fully saturated rings. The van der Waals surface area contributed by atoms with Gasteiger partial charge in [-0.2, -0.15) is 0 Å². The van der Waals surface area contributed by atoms with E-state index in [1.165, 1.54) is 5.56 Å². The molecule has 2 nitrogen and oxygen atoms in total. The van der Waals surface area contributed by atoms with Gasteiger partial charge in [0.25, 0.3) is 0 Å². The van der Waals surface area contributed by atoms with Gasteiger partial charge in [0.05, 0.1) is 0 Å². The third-order valence-electron chi connectivity index (χ3n) is 3.61. The van der Waals surface area contributed by atoms with Crippen LogP contribution in [0, 0.1) is 0 Å². The summed E-state index contributed by atoms with van der Waals surface area (Å²) >= 11 is 0. The fraction of sp³-hybridized carbons (Fsp3) is 0.368. The highest BCUT2D eigenvalue weighted by molar-refractivity contribution is 5.33. The van der Waals surface area contributed by atoms with Crippen LogP contribution in [0.1, 0.15) is 44.9 Å². The standard InChI is InChI=1S/C19H24O2/c1-14(18(20)15-9-6-5-7-10-15)21-17-12-8-11-16(13-17)19(2,3)4/h5-14,18,20H,1-4H3. The van der Waals surface area contributed by atoms with E-state index in [0.29, 0.717) is 0 Å². The first-order valence-corrected chi connectivity index (χ1v) is 7.38. The molecule has 0 heterocycles. The Morgan fingerprint density at radius 1 is 0.952 bits per heavy atom. The second-order valence-corrected chi connectivity index (χ2v) is 6.46. The number of hydrogen-bond acceptors (Lipinski definition) is 2. The van der Waals surface area contributed by atoms with Crippen molar-refractivity contribution < 1.29 is 9.84 Å². The Bertz CT molecular complexity index is 570. The lowest BCUT2D eigenvalue weighted by Crippen LogP contribution is -2.22. The molecule has 0 radical (unpaired) electrons. The SMILES string of the molecule is CC(Oc1cccc(C(C)(C)C)c1)C(O)c1ccccc1. The van der Waals surface area contributed by atoms with Gasteiger partial charge in [-0.3, -0.25) is 0 Å². The maximum atomic E-state index is 10.4. The summed E-state index contributed by atoms with van der Waals surface area (Å²) in [5, 5.41) is 10.4. The largest absolute Gasteiger partial charge is 0.488 e. The van der Waals surface area contributed by atoms with Gasteiger partial charge in [-0.1, -0.05) is 63.2 Å². The molecule has 2 unspecified atom stereocenters. The van der Waals surface area contributed by atoms with Crippen molar-refractivity contribution in [3.8, 4) is 5.75 Å². The molecule has 0 saturated heterocycles. The predicted octanol–water partition coefficient (Wildman–Crippen LogP) is 4.49. The molecule has 0 amide bonds. The van der Waals surface area contributed by atoms with Gasteiger partial charge in [-0.15, -0.1) is 0 Å². The van der Waals surface area contributed by atoms with Crippen molar-refractivity contribution >= 4 is 0 Å². The summed E-state index contributed by atoms with van der Waals surface area (Å²) in [7, 11) is 0. The molecule has 2 aromatic rings. The number of benzene rings is 2. The number of aliphatic hydroxyl groups is 1. The number of hydrogen-bond donors (Lipinski definition) is 1. The van der Waals surface area contributed by atoms with E-state index >= 15 is 0 Å². The molecule has 2 rings (SSSR count). The van der Waals surface area contributed by atoms with Crippen molar-refractivity contribution in [2.24, 2.45) is 0 Å². The quantitative estimate of drug-likeness (QED) is 0.896.